The quantitative estimate of drug-likeness (QED) is 0.746. The molecule has 0 atom stereocenters. The Morgan fingerprint density at radius 3 is 2.77 bits per heavy atom. The highest BCUT2D eigenvalue weighted by atomic mass is 19.1. The molecule has 0 saturated heterocycles. The van der Waals surface area contributed by atoms with Crippen molar-refractivity contribution in [2.75, 3.05) is 11.9 Å². The van der Waals surface area contributed by atoms with Crippen molar-refractivity contribution in [3.63, 3.8) is 0 Å². The standard InChI is InChI=1S/C17H22FN3O/c1-3-4-5-8-22-15-9-13(2)6-7-14(15)10-20-17-12-19-16(18)11-21-17/h6-7,9,11-12H,3-5,8,10H2,1-2H3,(H,20,21). The first-order chi connectivity index (χ1) is 10.7. The van der Waals surface area contributed by atoms with Crippen LogP contribution in [-0.2, 0) is 6.54 Å². The summed E-state index contributed by atoms with van der Waals surface area (Å²) in [6, 6.07) is 6.12. The molecule has 1 N–H and O–H groups in total. The highest BCUT2D eigenvalue weighted by Gasteiger charge is 2.05. The van der Waals surface area contributed by atoms with E-state index in [1.165, 1.54) is 19.0 Å². The maximum absolute atomic E-state index is 12.7. The molecule has 4 nitrogen and oxygen atoms in total. The lowest BCUT2D eigenvalue weighted by molar-refractivity contribution is 0.303. The fourth-order valence-electron chi connectivity index (χ4n) is 2.07. The predicted octanol–water partition coefficient (Wildman–Crippen LogP) is 4.11. The Kier molecular flexibility index (Phi) is 6.13. The maximum atomic E-state index is 12.7. The van der Waals surface area contributed by atoms with Crippen molar-refractivity contribution in [1.29, 1.82) is 0 Å². The summed E-state index contributed by atoms with van der Waals surface area (Å²) in [6.07, 6.45) is 5.88. The summed E-state index contributed by atoms with van der Waals surface area (Å²) in [7, 11) is 0. The zero-order valence-electron chi connectivity index (χ0n) is 13.1. The van der Waals surface area contributed by atoms with Crippen molar-refractivity contribution < 1.29 is 9.13 Å². The van der Waals surface area contributed by atoms with E-state index in [0.29, 0.717) is 12.4 Å². The number of aryl methyl sites for hydroxylation is 1. The molecule has 0 fully saturated rings. The van der Waals surface area contributed by atoms with Gasteiger partial charge in [0.05, 0.1) is 19.0 Å². The zero-order chi connectivity index (χ0) is 15.8. The number of anilines is 1. The second-order valence-corrected chi connectivity index (χ2v) is 5.24. The first-order valence-electron chi connectivity index (χ1n) is 7.62. The Morgan fingerprint density at radius 1 is 1.18 bits per heavy atom. The first-order valence-corrected chi connectivity index (χ1v) is 7.62. The van der Waals surface area contributed by atoms with E-state index in [0.717, 1.165) is 36.1 Å². The minimum Gasteiger partial charge on any atom is -0.493 e. The topological polar surface area (TPSA) is 47.0 Å². The molecule has 1 heterocycles. The summed E-state index contributed by atoms with van der Waals surface area (Å²) in [5, 5.41) is 3.13. The second kappa shape index (κ2) is 8.32. The summed E-state index contributed by atoms with van der Waals surface area (Å²) in [6.45, 7) is 5.50. The zero-order valence-corrected chi connectivity index (χ0v) is 13.1. The third-order valence-corrected chi connectivity index (χ3v) is 3.31. The van der Waals surface area contributed by atoms with Crippen molar-refractivity contribution in [3.8, 4) is 5.75 Å². The van der Waals surface area contributed by atoms with Gasteiger partial charge in [-0.05, 0) is 25.0 Å². The summed E-state index contributed by atoms with van der Waals surface area (Å²) < 4.78 is 18.6. The summed E-state index contributed by atoms with van der Waals surface area (Å²) in [5.74, 6) is 0.846. The Balaban J connectivity index is 1.98. The van der Waals surface area contributed by atoms with E-state index in [4.69, 9.17) is 4.74 Å². The molecule has 2 rings (SSSR count). The normalized spacial score (nSPS) is 10.5. The Hall–Kier alpha value is -2.17. The van der Waals surface area contributed by atoms with Gasteiger partial charge in [-0.15, -0.1) is 0 Å². The van der Waals surface area contributed by atoms with E-state index in [1.54, 1.807) is 0 Å². The van der Waals surface area contributed by atoms with Gasteiger partial charge in [-0.25, -0.2) is 9.97 Å². The monoisotopic (exact) mass is 303 g/mol. The lowest BCUT2D eigenvalue weighted by atomic mass is 10.1. The van der Waals surface area contributed by atoms with E-state index in [9.17, 15) is 4.39 Å². The number of rotatable bonds is 8. The average molecular weight is 303 g/mol. The molecule has 1 aromatic heterocycles. The largest absolute Gasteiger partial charge is 0.493 e. The van der Waals surface area contributed by atoms with Crippen LogP contribution in [0.4, 0.5) is 10.2 Å². The van der Waals surface area contributed by atoms with Crippen molar-refractivity contribution in [2.45, 2.75) is 39.7 Å². The van der Waals surface area contributed by atoms with Crippen LogP contribution in [-0.4, -0.2) is 16.6 Å². The van der Waals surface area contributed by atoms with Gasteiger partial charge in [-0.1, -0.05) is 31.9 Å². The van der Waals surface area contributed by atoms with Crippen molar-refractivity contribution in [2.24, 2.45) is 0 Å². The molecular formula is C17H22FN3O. The molecule has 0 spiro atoms. The van der Waals surface area contributed by atoms with Gasteiger partial charge in [0.15, 0.2) is 0 Å². The number of unbranched alkanes of at least 4 members (excludes halogenated alkanes) is 2. The number of ether oxygens (including phenoxy) is 1. The maximum Gasteiger partial charge on any atom is 0.231 e. The Morgan fingerprint density at radius 2 is 2.05 bits per heavy atom. The molecule has 0 unspecified atom stereocenters. The lowest BCUT2D eigenvalue weighted by Crippen LogP contribution is -2.06. The van der Waals surface area contributed by atoms with Crippen LogP contribution < -0.4 is 10.1 Å². The summed E-state index contributed by atoms with van der Waals surface area (Å²) in [4.78, 5) is 7.51. The minimum absolute atomic E-state index is 0.541. The molecule has 0 aliphatic rings. The van der Waals surface area contributed by atoms with E-state index in [-0.39, 0.29) is 0 Å². The van der Waals surface area contributed by atoms with Crippen LogP contribution in [0.15, 0.2) is 30.6 Å². The average Bonchev–Trinajstić information content (AvgIpc) is 2.52. The van der Waals surface area contributed by atoms with Crippen molar-refractivity contribution >= 4 is 5.82 Å². The van der Waals surface area contributed by atoms with Gasteiger partial charge in [0.25, 0.3) is 0 Å². The van der Waals surface area contributed by atoms with Crippen LogP contribution in [0.2, 0.25) is 0 Å². The number of halogens is 1. The van der Waals surface area contributed by atoms with Crippen LogP contribution in [0.3, 0.4) is 0 Å². The number of benzene rings is 1. The minimum atomic E-state index is -0.583. The molecule has 0 aliphatic carbocycles. The number of hydrogen-bond donors (Lipinski definition) is 1. The van der Waals surface area contributed by atoms with E-state index in [1.807, 2.05) is 25.1 Å². The fourth-order valence-corrected chi connectivity index (χ4v) is 2.07. The lowest BCUT2D eigenvalue weighted by Gasteiger charge is -2.13. The molecule has 118 valence electrons. The van der Waals surface area contributed by atoms with E-state index >= 15 is 0 Å². The van der Waals surface area contributed by atoms with Gasteiger partial charge in [0.1, 0.15) is 11.6 Å². The van der Waals surface area contributed by atoms with E-state index in [2.05, 4.69) is 22.2 Å². The highest BCUT2D eigenvalue weighted by molar-refractivity contribution is 5.40. The fraction of sp³-hybridized carbons (Fsp3) is 0.412. The number of hydrogen-bond acceptors (Lipinski definition) is 4. The summed E-state index contributed by atoms with van der Waals surface area (Å²) >= 11 is 0. The van der Waals surface area contributed by atoms with Crippen LogP contribution in [0.1, 0.15) is 37.3 Å². The van der Waals surface area contributed by atoms with Crippen LogP contribution in [0, 0.1) is 12.9 Å². The van der Waals surface area contributed by atoms with Crippen LogP contribution in [0.25, 0.3) is 0 Å². The Labute approximate surface area is 130 Å². The molecular weight excluding hydrogens is 281 g/mol. The van der Waals surface area contributed by atoms with Crippen LogP contribution in [0.5, 0.6) is 5.75 Å². The molecule has 0 bridgehead atoms. The van der Waals surface area contributed by atoms with Gasteiger partial charge < -0.3 is 10.1 Å². The van der Waals surface area contributed by atoms with Gasteiger partial charge >= 0.3 is 0 Å². The van der Waals surface area contributed by atoms with Gasteiger partial charge in [-0.2, -0.15) is 4.39 Å². The van der Waals surface area contributed by atoms with Gasteiger partial charge in [-0.3, -0.25) is 0 Å². The second-order valence-electron chi connectivity index (χ2n) is 5.24. The molecule has 0 aliphatic heterocycles. The smallest absolute Gasteiger partial charge is 0.231 e. The third kappa shape index (κ3) is 4.98. The van der Waals surface area contributed by atoms with Gasteiger partial charge in [0.2, 0.25) is 5.95 Å². The van der Waals surface area contributed by atoms with Crippen molar-refractivity contribution in [3.05, 3.63) is 47.7 Å². The first kappa shape index (κ1) is 16.2. The number of nitrogens with zero attached hydrogens (tertiary/aromatic N) is 2. The van der Waals surface area contributed by atoms with Crippen LogP contribution >= 0.6 is 0 Å². The van der Waals surface area contributed by atoms with E-state index < -0.39 is 5.95 Å². The molecule has 0 amide bonds. The molecule has 0 radical (unpaired) electrons. The number of nitrogens with one attached hydrogen (secondary N) is 1. The Bertz CT molecular complexity index is 587. The van der Waals surface area contributed by atoms with Crippen molar-refractivity contribution in [1.82, 2.24) is 9.97 Å². The third-order valence-electron chi connectivity index (χ3n) is 3.31. The number of aromatic nitrogens is 2. The SMILES string of the molecule is CCCCCOc1cc(C)ccc1CNc1cnc(F)cn1. The highest BCUT2D eigenvalue weighted by Crippen LogP contribution is 2.21. The molecule has 5 heteroatoms. The molecule has 0 saturated carbocycles. The predicted molar refractivity (Wildman–Crippen MR) is 85.5 cm³/mol. The molecule has 1 aromatic carbocycles. The molecule has 22 heavy (non-hydrogen) atoms. The van der Waals surface area contributed by atoms with Gasteiger partial charge in [0, 0.05) is 12.1 Å². The molecule has 2 aromatic rings. The summed E-state index contributed by atoms with van der Waals surface area (Å²) in [5.41, 5.74) is 2.21.